The van der Waals surface area contributed by atoms with Gasteiger partial charge in [0.2, 0.25) is 0 Å². The van der Waals surface area contributed by atoms with Gasteiger partial charge >= 0.3 is 0 Å². The molecule has 0 amide bonds. The number of methoxy groups -OCH3 is 1. The van der Waals surface area contributed by atoms with Gasteiger partial charge in [0.1, 0.15) is 18.5 Å². The summed E-state index contributed by atoms with van der Waals surface area (Å²) in [5.41, 5.74) is 6.37. The third kappa shape index (κ3) is 5.77. The normalized spacial score (nSPS) is 12.9. The van der Waals surface area contributed by atoms with Gasteiger partial charge in [0.25, 0.3) is 0 Å². The fourth-order valence-corrected chi connectivity index (χ4v) is 1.89. The zero-order valence-electron chi connectivity index (χ0n) is 12.6. The Bertz CT molecular complexity index is 385. The van der Waals surface area contributed by atoms with Crippen LogP contribution < -0.4 is 10.5 Å². The molecule has 1 aromatic carbocycles. The van der Waals surface area contributed by atoms with E-state index in [1.54, 1.807) is 19.2 Å². The van der Waals surface area contributed by atoms with Crippen molar-refractivity contribution in [1.82, 2.24) is 4.90 Å². The minimum absolute atomic E-state index is 0.227. The summed E-state index contributed by atoms with van der Waals surface area (Å²) in [6, 6.07) is 7.64. The Morgan fingerprint density at radius 2 is 2.00 bits per heavy atom. The highest BCUT2D eigenvalue weighted by molar-refractivity contribution is 5.51. The minimum Gasteiger partial charge on any atom is -0.489 e. The lowest BCUT2D eigenvalue weighted by atomic mass is 10.2. The smallest absolute Gasteiger partial charge is 0.142 e. The molecular weight excluding hydrogens is 256 g/mol. The number of nitrogens with zero attached hydrogens (tertiary/aromatic N) is 1. The first-order chi connectivity index (χ1) is 9.54. The van der Waals surface area contributed by atoms with Gasteiger partial charge in [-0.05, 0) is 26.0 Å². The molecule has 3 N–H and O–H groups in total. The van der Waals surface area contributed by atoms with E-state index in [9.17, 15) is 5.11 Å². The van der Waals surface area contributed by atoms with E-state index in [2.05, 4.69) is 18.7 Å². The zero-order chi connectivity index (χ0) is 15.0. The lowest BCUT2D eigenvalue weighted by molar-refractivity contribution is 0.0455. The van der Waals surface area contributed by atoms with E-state index in [1.165, 1.54) is 0 Å². The standard InChI is InChI=1S/C15H26N2O3/c1-12(2)17(8-9-19-3)10-13(18)11-20-15-7-5-4-6-14(15)16/h4-7,12-13,18H,8-11,16H2,1-3H3. The monoisotopic (exact) mass is 282 g/mol. The maximum absolute atomic E-state index is 10.1. The van der Waals surface area contributed by atoms with Gasteiger partial charge in [-0.15, -0.1) is 0 Å². The van der Waals surface area contributed by atoms with Crippen molar-refractivity contribution in [3.05, 3.63) is 24.3 Å². The molecule has 0 aliphatic heterocycles. The van der Waals surface area contributed by atoms with Gasteiger partial charge in [0.15, 0.2) is 0 Å². The van der Waals surface area contributed by atoms with Crippen LogP contribution in [0.25, 0.3) is 0 Å². The predicted molar refractivity (Wildman–Crippen MR) is 80.9 cm³/mol. The summed E-state index contributed by atoms with van der Waals surface area (Å²) in [6.07, 6.45) is -0.561. The van der Waals surface area contributed by atoms with Crippen LogP contribution in [0.1, 0.15) is 13.8 Å². The van der Waals surface area contributed by atoms with Gasteiger partial charge in [-0.1, -0.05) is 12.1 Å². The molecule has 0 saturated heterocycles. The Morgan fingerprint density at radius 3 is 2.60 bits per heavy atom. The molecule has 5 heteroatoms. The summed E-state index contributed by atoms with van der Waals surface area (Å²) in [5, 5.41) is 10.1. The van der Waals surface area contributed by atoms with Crippen molar-refractivity contribution in [2.45, 2.75) is 26.0 Å². The maximum atomic E-state index is 10.1. The highest BCUT2D eigenvalue weighted by Gasteiger charge is 2.15. The minimum atomic E-state index is -0.561. The number of aliphatic hydroxyl groups is 1. The summed E-state index contributed by atoms with van der Waals surface area (Å²) in [6.45, 7) is 6.41. The van der Waals surface area contributed by atoms with Gasteiger partial charge in [-0.25, -0.2) is 0 Å². The molecule has 0 heterocycles. The first-order valence-electron chi connectivity index (χ1n) is 6.93. The van der Waals surface area contributed by atoms with Gasteiger partial charge in [0, 0.05) is 26.2 Å². The number of anilines is 1. The molecule has 114 valence electrons. The fraction of sp³-hybridized carbons (Fsp3) is 0.600. The second-order valence-corrected chi connectivity index (χ2v) is 5.08. The largest absolute Gasteiger partial charge is 0.489 e. The predicted octanol–water partition coefficient (Wildman–Crippen LogP) is 1.37. The summed E-state index contributed by atoms with van der Waals surface area (Å²) in [4.78, 5) is 2.16. The van der Waals surface area contributed by atoms with E-state index in [-0.39, 0.29) is 6.61 Å². The van der Waals surface area contributed by atoms with Crippen molar-refractivity contribution < 1.29 is 14.6 Å². The van der Waals surface area contributed by atoms with E-state index in [1.807, 2.05) is 12.1 Å². The lowest BCUT2D eigenvalue weighted by Crippen LogP contribution is -2.41. The Kier molecular flexibility index (Phi) is 7.36. The third-order valence-corrected chi connectivity index (χ3v) is 3.11. The van der Waals surface area contributed by atoms with Crippen LogP contribution in [0.15, 0.2) is 24.3 Å². The summed E-state index contributed by atoms with van der Waals surface area (Å²) < 4.78 is 10.6. The number of benzene rings is 1. The summed E-state index contributed by atoms with van der Waals surface area (Å²) >= 11 is 0. The molecule has 5 nitrogen and oxygen atoms in total. The quantitative estimate of drug-likeness (QED) is 0.670. The van der Waals surface area contributed by atoms with Crippen molar-refractivity contribution in [2.24, 2.45) is 0 Å². The first-order valence-corrected chi connectivity index (χ1v) is 6.93. The second kappa shape index (κ2) is 8.79. The van der Waals surface area contributed by atoms with Crippen LogP contribution in [-0.2, 0) is 4.74 Å². The number of ether oxygens (including phenoxy) is 2. The molecule has 0 radical (unpaired) electrons. The molecule has 0 aromatic heterocycles. The summed E-state index contributed by atoms with van der Waals surface area (Å²) in [7, 11) is 1.68. The number of hydrogen-bond acceptors (Lipinski definition) is 5. The second-order valence-electron chi connectivity index (χ2n) is 5.08. The molecule has 0 spiro atoms. The number of rotatable bonds is 9. The molecule has 1 rings (SSSR count). The maximum Gasteiger partial charge on any atom is 0.142 e. The van der Waals surface area contributed by atoms with E-state index in [4.69, 9.17) is 15.2 Å². The van der Waals surface area contributed by atoms with Crippen LogP contribution >= 0.6 is 0 Å². The lowest BCUT2D eigenvalue weighted by Gasteiger charge is -2.28. The van der Waals surface area contributed by atoms with Crippen LogP contribution in [0.3, 0.4) is 0 Å². The Morgan fingerprint density at radius 1 is 1.30 bits per heavy atom. The van der Waals surface area contributed by atoms with Crippen molar-refractivity contribution in [2.75, 3.05) is 39.1 Å². The molecule has 0 aliphatic rings. The average Bonchev–Trinajstić information content (AvgIpc) is 2.42. The zero-order valence-corrected chi connectivity index (χ0v) is 12.6. The number of nitrogen functional groups attached to an aromatic ring is 1. The average molecular weight is 282 g/mol. The van der Waals surface area contributed by atoms with Gasteiger partial charge < -0.3 is 20.3 Å². The van der Waals surface area contributed by atoms with E-state index < -0.39 is 6.10 Å². The van der Waals surface area contributed by atoms with E-state index in [0.717, 1.165) is 6.54 Å². The molecule has 0 fully saturated rings. The molecule has 0 aliphatic carbocycles. The number of nitrogens with two attached hydrogens (primary N) is 1. The molecule has 1 atom stereocenters. The van der Waals surface area contributed by atoms with Gasteiger partial charge in [-0.2, -0.15) is 0 Å². The molecule has 20 heavy (non-hydrogen) atoms. The van der Waals surface area contributed by atoms with Crippen molar-refractivity contribution in [3.8, 4) is 5.75 Å². The van der Waals surface area contributed by atoms with Crippen LogP contribution in [0.5, 0.6) is 5.75 Å². The fourth-order valence-electron chi connectivity index (χ4n) is 1.89. The van der Waals surface area contributed by atoms with Crippen molar-refractivity contribution >= 4 is 5.69 Å². The number of para-hydroxylation sites is 2. The van der Waals surface area contributed by atoms with Gasteiger partial charge in [-0.3, -0.25) is 4.90 Å². The van der Waals surface area contributed by atoms with Gasteiger partial charge in [0.05, 0.1) is 12.3 Å². The molecule has 0 bridgehead atoms. The van der Waals surface area contributed by atoms with Crippen LogP contribution in [0, 0.1) is 0 Å². The number of aliphatic hydroxyl groups excluding tert-OH is 1. The van der Waals surface area contributed by atoms with Crippen LogP contribution in [0.4, 0.5) is 5.69 Å². The topological polar surface area (TPSA) is 68.0 Å². The Hall–Kier alpha value is -1.30. The number of hydrogen-bond donors (Lipinski definition) is 2. The highest BCUT2D eigenvalue weighted by atomic mass is 16.5. The summed E-state index contributed by atoms with van der Waals surface area (Å²) in [5.74, 6) is 0.611. The van der Waals surface area contributed by atoms with Crippen LogP contribution in [0.2, 0.25) is 0 Å². The highest BCUT2D eigenvalue weighted by Crippen LogP contribution is 2.19. The van der Waals surface area contributed by atoms with E-state index in [0.29, 0.717) is 30.6 Å². The molecular formula is C15H26N2O3. The van der Waals surface area contributed by atoms with Crippen molar-refractivity contribution in [1.29, 1.82) is 0 Å². The third-order valence-electron chi connectivity index (χ3n) is 3.11. The first kappa shape index (κ1) is 16.8. The van der Waals surface area contributed by atoms with Crippen LogP contribution in [-0.4, -0.2) is 55.6 Å². The van der Waals surface area contributed by atoms with Crippen molar-refractivity contribution in [3.63, 3.8) is 0 Å². The molecule has 1 aromatic rings. The molecule has 0 saturated carbocycles. The SMILES string of the molecule is COCCN(CC(O)COc1ccccc1N)C(C)C. The molecule has 1 unspecified atom stereocenters. The Balaban J connectivity index is 2.41. The Labute approximate surface area is 121 Å². The van der Waals surface area contributed by atoms with E-state index >= 15 is 0 Å².